The van der Waals surface area contributed by atoms with Gasteiger partial charge in [-0.3, -0.25) is 14.5 Å². The molecule has 3 heterocycles. The first-order valence-corrected chi connectivity index (χ1v) is 9.61. The van der Waals surface area contributed by atoms with Crippen molar-refractivity contribution >= 4 is 40.8 Å². The Labute approximate surface area is 156 Å². The van der Waals surface area contributed by atoms with Crippen molar-refractivity contribution in [2.45, 2.75) is 39.2 Å². The van der Waals surface area contributed by atoms with Crippen LogP contribution >= 0.6 is 11.8 Å². The molecule has 0 bridgehead atoms. The average Bonchev–Trinajstić information content (AvgIpc) is 3.20. The lowest BCUT2D eigenvalue weighted by molar-refractivity contribution is -0.150. The molecule has 1 unspecified atom stereocenters. The highest BCUT2D eigenvalue weighted by atomic mass is 32.2. The molecule has 0 saturated carbocycles. The van der Waals surface area contributed by atoms with Gasteiger partial charge < -0.3 is 14.1 Å². The van der Waals surface area contributed by atoms with Crippen LogP contribution in [0.5, 0.6) is 0 Å². The zero-order valence-corrected chi connectivity index (χ0v) is 15.7. The number of rotatable bonds is 5. The van der Waals surface area contributed by atoms with Crippen LogP contribution in [0.4, 0.5) is 10.7 Å². The van der Waals surface area contributed by atoms with Gasteiger partial charge in [-0.25, -0.2) is 4.79 Å². The van der Waals surface area contributed by atoms with E-state index in [4.69, 9.17) is 9.15 Å². The van der Waals surface area contributed by atoms with Gasteiger partial charge in [-0.15, -0.1) is 0 Å². The molecule has 1 atom stereocenters. The lowest BCUT2D eigenvalue weighted by Crippen LogP contribution is -2.42. The average molecular weight is 378 g/mol. The van der Waals surface area contributed by atoms with E-state index in [-0.39, 0.29) is 11.5 Å². The number of furan rings is 1. The number of piperidine rings is 1. The van der Waals surface area contributed by atoms with Crippen LogP contribution in [0.1, 0.15) is 38.9 Å². The number of anilines is 1. The molecule has 2 fully saturated rings. The summed E-state index contributed by atoms with van der Waals surface area (Å²) in [6.07, 6.45) is 5.06. The van der Waals surface area contributed by atoms with Gasteiger partial charge in [-0.2, -0.15) is 0 Å². The molecule has 2 aliphatic rings. The maximum Gasteiger partial charge on any atom is 0.329 e. The van der Waals surface area contributed by atoms with Crippen molar-refractivity contribution in [1.29, 1.82) is 0 Å². The summed E-state index contributed by atoms with van der Waals surface area (Å²) in [5, 5.41) is -0.482. The maximum absolute atomic E-state index is 12.5. The number of hydrogen-bond donors (Lipinski definition) is 0. The SMILES string of the molecule is CCOC(=O)C(C)N1C(=O)S/C(=C/c2ccc(N3CCCCC3)o2)C1=O. The molecule has 2 amide bonds. The molecule has 2 aliphatic heterocycles. The minimum absolute atomic E-state index is 0.195. The Bertz CT molecular complexity index is 736. The Morgan fingerprint density at radius 2 is 2.04 bits per heavy atom. The molecule has 0 aromatic carbocycles. The van der Waals surface area contributed by atoms with E-state index in [1.807, 2.05) is 6.07 Å². The fraction of sp³-hybridized carbons (Fsp3) is 0.500. The van der Waals surface area contributed by atoms with E-state index < -0.39 is 23.2 Å². The van der Waals surface area contributed by atoms with E-state index in [9.17, 15) is 14.4 Å². The van der Waals surface area contributed by atoms with Crippen LogP contribution in [0.2, 0.25) is 0 Å². The first-order valence-electron chi connectivity index (χ1n) is 8.79. The Hall–Kier alpha value is -2.22. The Kier molecular flexibility index (Phi) is 5.70. The summed E-state index contributed by atoms with van der Waals surface area (Å²) in [4.78, 5) is 39.9. The second-order valence-electron chi connectivity index (χ2n) is 6.20. The van der Waals surface area contributed by atoms with Crippen molar-refractivity contribution in [3.63, 3.8) is 0 Å². The van der Waals surface area contributed by atoms with E-state index in [0.29, 0.717) is 5.76 Å². The number of nitrogens with zero attached hydrogens (tertiary/aromatic N) is 2. The molecule has 0 spiro atoms. The van der Waals surface area contributed by atoms with Crippen LogP contribution in [0.15, 0.2) is 21.5 Å². The molecule has 26 heavy (non-hydrogen) atoms. The van der Waals surface area contributed by atoms with Crippen molar-refractivity contribution in [2.75, 3.05) is 24.6 Å². The van der Waals surface area contributed by atoms with Gasteiger partial charge in [0.15, 0.2) is 5.88 Å². The van der Waals surface area contributed by atoms with Crippen molar-refractivity contribution in [3.8, 4) is 0 Å². The van der Waals surface area contributed by atoms with E-state index in [2.05, 4.69) is 4.90 Å². The van der Waals surface area contributed by atoms with Crippen LogP contribution in [0.25, 0.3) is 6.08 Å². The van der Waals surface area contributed by atoms with Gasteiger partial charge in [0.05, 0.1) is 11.5 Å². The summed E-state index contributed by atoms with van der Waals surface area (Å²) in [6, 6.07) is 2.71. The van der Waals surface area contributed by atoms with E-state index in [1.54, 1.807) is 19.1 Å². The van der Waals surface area contributed by atoms with Crippen molar-refractivity contribution in [1.82, 2.24) is 4.90 Å². The molecule has 3 rings (SSSR count). The number of imide groups is 1. The molecule has 0 N–H and O–H groups in total. The van der Waals surface area contributed by atoms with Crippen LogP contribution in [0.3, 0.4) is 0 Å². The minimum Gasteiger partial charge on any atom is -0.464 e. The number of carbonyl (C=O) groups is 3. The molecule has 8 heteroatoms. The molecule has 140 valence electrons. The molecule has 2 saturated heterocycles. The second-order valence-corrected chi connectivity index (χ2v) is 7.20. The van der Waals surface area contributed by atoms with E-state index in [0.717, 1.165) is 48.5 Å². The maximum atomic E-state index is 12.5. The van der Waals surface area contributed by atoms with Gasteiger partial charge in [0.2, 0.25) is 0 Å². The third-order valence-electron chi connectivity index (χ3n) is 4.39. The summed E-state index contributed by atoms with van der Waals surface area (Å²) >= 11 is 0.802. The molecule has 0 aliphatic carbocycles. The second kappa shape index (κ2) is 7.99. The largest absolute Gasteiger partial charge is 0.464 e. The molecular weight excluding hydrogens is 356 g/mol. The summed E-state index contributed by atoms with van der Waals surface area (Å²) in [7, 11) is 0. The van der Waals surface area contributed by atoms with Gasteiger partial charge in [0.25, 0.3) is 11.1 Å². The van der Waals surface area contributed by atoms with Gasteiger partial charge in [0.1, 0.15) is 11.8 Å². The molecule has 0 radical (unpaired) electrons. The van der Waals surface area contributed by atoms with Crippen molar-refractivity contribution in [2.24, 2.45) is 0 Å². The number of hydrogen-bond acceptors (Lipinski definition) is 7. The van der Waals surface area contributed by atoms with Crippen LogP contribution in [-0.2, 0) is 14.3 Å². The van der Waals surface area contributed by atoms with Crippen molar-refractivity contribution in [3.05, 3.63) is 22.8 Å². The number of ether oxygens (including phenoxy) is 1. The zero-order chi connectivity index (χ0) is 18.7. The molecule has 1 aromatic rings. The van der Waals surface area contributed by atoms with Crippen LogP contribution < -0.4 is 4.90 Å². The monoisotopic (exact) mass is 378 g/mol. The standard InChI is InChI=1S/C18H22N2O5S/c1-3-24-17(22)12(2)20-16(21)14(26-18(20)23)11-13-7-8-15(25-13)19-9-5-4-6-10-19/h7-8,11-12H,3-6,9-10H2,1-2H3/b14-11+. The highest BCUT2D eigenvalue weighted by Crippen LogP contribution is 2.34. The van der Waals surface area contributed by atoms with Gasteiger partial charge in [-0.1, -0.05) is 0 Å². The third-order valence-corrected chi connectivity index (χ3v) is 5.28. The van der Waals surface area contributed by atoms with Crippen LogP contribution in [0, 0.1) is 0 Å². The number of esters is 1. The lowest BCUT2D eigenvalue weighted by atomic mass is 10.1. The Morgan fingerprint density at radius 3 is 2.73 bits per heavy atom. The minimum atomic E-state index is -0.950. The fourth-order valence-electron chi connectivity index (χ4n) is 3.02. The number of thioether (sulfide) groups is 1. The van der Waals surface area contributed by atoms with Gasteiger partial charge >= 0.3 is 5.97 Å². The zero-order valence-electron chi connectivity index (χ0n) is 14.9. The highest BCUT2D eigenvalue weighted by Gasteiger charge is 2.41. The van der Waals surface area contributed by atoms with Crippen LogP contribution in [-0.4, -0.2) is 47.8 Å². The molecular formula is C18H22N2O5S. The van der Waals surface area contributed by atoms with E-state index in [1.165, 1.54) is 13.3 Å². The van der Waals surface area contributed by atoms with Gasteiger partial charge in [0, 0.05) is 25.2 Å². The summed E-state index contributed by atoms with van der Waals surface area (Å²) < 4.78 is 10.7. The third kappa shape index (κ3) is 3.80. The summed E-state index contributed by atoms with van der Waals surface area (Å²) in [5.74, 6) is 0.188. The summed E-state index contributed by atoms with van der Waals surface area (Å²) in [5.41, 5.74) is 0. The quantitative estimate of drug-likeness (QED) is 0.575. The predicted molar refractivity (Wildman–Crippen MR) is 98.7 cm³/mol. The molecule has 7 nitrogen and oxygen atoms in total. The lowest BCUT2D eigenvalue weighted by Gasteiger charge is -2.25. The first-order chi connectivity index (χ1) is 12.5. The first kappa shape index (κ1) is 18.6. The normalized spacial score (nSPS) is 20.8. The fourth-order valence-corrected chi connectivity index (χ4v) is 3.90. The smallest absolute Gasteiger partial charge is 0.329 e. The number of carbonyl (C=O) groups excluding carboxylic acids is 3. The Balaban J connectivity index is 1.73. The highest BCUT2D eigenvalue weighted by molar-refractivity contribution is 8.18. The Morgan fingerprint density at radius 1 is 1.31 bits per heavy atom. The van der Waals surface area contributed by atoms with E-state index >= 15 is 0 Å². The van der Waals surface area contributed by atoms with Gasteiger partial charge in [-0.05, 0) is 50.9 Å². The van der Waals surface area contributed by atoms with Crippen molar-refractivity contribution < 1.29 is 23.5 Å². The predicted octanol–water partition coefficient (Wildman–Crippen LogP) is 3.26. The summed E-state index contributed by atoms with van der Waals surface area (Å²) in [6.45, 7) is 5.27. The topological polar surface area (TPSA) is 80.1 Å². The molecule has 1 aromatic heterocycles. The number of amides is 2.